The maximum atomic E-state index is 11.7. The molecule has 0 saturated carbocycles. The quantitative estimate of drug-likeness (QED) is 0.867. The van der Waals surface area contributed by atoms with E-state index in [1.807, 2.05) is 0 Å². The summed E-state index contributed by atoms with van der Waals surface area (Å²) in [6, 6.07) is 3.17. The molecule has 0 aliphatic heterocycles. The van der Waals surface area contributed by atoms with Crippen LogP contribution in [0.5, 0.6) is 0 Å². The highest BCUT2D eigenvalue weighted by atomic mass is 35.5. The SMILES string of the molecule is CCOC(=O)n1nc(N)c2c(Cl)ccc(Cl)c21. The standard InChI is InChI=1S/C10H9Cl2N3O2/c1-2-17-10(16)15-8-6(12)4-3-5(11)7(8)9(13)14-15/h3-4H,2H2,1H3,(H2,13,14). The molecular formula is C10H9Cl2N3O2. The molecule has 2 N–H and O–H groups in total. The molecule has 0 radical (unpaired) electrons. The van der Waals surface area contributed by atoms with Gasteiger partial charge in [0.15, 0.2) is 5.82 Å². The molecule has 1 aromatic heterocycles. The van der Waals surface area contributed by atoms with Crippen molar-refractivity contribution in [2.24, 2.45) is 0 Å². The second-order valence-electron chi connectivity index (χ2n) is 3.25. The van der Waals surface area contributed by atoms with E-state index in [4.69, 9.17) is 33.7 Å². The largest absolute Gasteiger partial charge is 0.448 e. The summed E-state index contributed by atoms with van der Waals surface area (Å²) in [5.74, 6) is 0.139. The summed E-state index contributed by atoms with van der Waals surface area (Å²) < 4.78 is 5.86. The number of benzene rings is 1. The maximum Gasteiger partial charge on any atom is 0.435 e. The van der Waals surface area contributed by atoms with Gasteiger partial charge < -0.3 is 10.5 Å². The number of rotatable bonds is 1. The van der Waals surface area contributed by atoms with E-state index in [1.165, 1.54) is 0 Å². The zero-order chi connectivity index (χ0) is 12.6. The lowest BCUT2D eigenvalue weighted by Gasteiger charge is -2.03. The average molecular weight is 274 g/mol. The second kappa shape index (κ2) is 4.43. The van der Waals surface area contributed by atoms with Crippen molar-refractivity contribution in [3.63, 3.8) is 0 Å². The number of nitrogen functional groups attached to an aromatic ring is 1. The topological polar surface area (TPSA) is 70.1 Å². The van der Waals surface area contributed by atoms with Crippen LogP contribution in [0.2, 0.25) is 10.0 Å². The summed E-state index contributed by atoms with van der Waals surface area (Å²) in [5.41, 5.74) is 6.05. The van der Waals surface area contributed by atoms with Crippen LogP contribution < -0.4 is 5.73 Å². The lowest BCUT2D eigenvalue weighted by molar-refractivity contribution is 0.151. The van der Waals surface area contributed by atoms with E-state index in [-0.39, 0.29) is 12.4 Å². The molecule has 0 bridgehead atoms. The van der Waals surface area contributed by atoms with Crippen molar-refractivity contribution < 1.29 is 9.53 Å². The van der Waals surface area contributed by atoms with E-state index >= 15 is 0 Å². The molecule has 0 unspecified atom stereocenters. The molecule has 1 heterocycles. The first-order chi connectivity index (χ1) is 8.06. The molecule has 0 spiro atoms. The van der Waals surface area contributed by atoms with Gasteiger partial charge in [0.05, 0.1) is 22.0 Å². The summed E-state index contributed by atoms with van der Waals surface area (Å²) in [6.45, 7) is 1.93. The zero-order valence-corrected chi connectivity index (χ0v) is 10.4. The lowest BCUT2D eigenvalue weighted by Crippen LogP contribution is -2.15. The van der Waals surface area contributed by atoms with Gasteiger partial charge in [0, 0.05) is 0 Å². The highest BCUT2D eigenvalue weighted by molar-refractivity contribution is 6.41. The third-order valence-corrected chi connectivity index (χ3v) is 2.81. The molecule has 7 heteroatoms. The van der Waals surface area contributed by atoms with Crippen molar-refractivity contribution in [1.29, 1.82) is 0 Å². The van der Waals surface area contributed by atoms with Gasteiger partial charge in [-0.3, -0.25) is 0 Å². The van der Waals surface area contributed by atoms with Crippen molar-refractivity contribution in [3.8, 4) is 0 Å². The van der Waals surface area contributed by atoms with Gasteiger partial charge in [0.1, 0.15) is 5.52 Å². The number of nitrogens with two attached hydrogens (primary N) is 1. The maximum absolute atomic E-state index is 11.7. The van der Waals surface area contributed by atoms with Gasteiger partial charge in [-0.1, -0.05) is 23.2 Å². The van der Waals surface area contributed by atoms with Crippen LogP contribution >= 0.6 is 23.2 Å². The summed E-state index contributed by atoms with van der Waals surface area (Å²) in [6.07, 6.45) is -0.640. The van der Waals surface area contributed by atoms with Crippen LogP contribution in [0.25, 0.3) is 10.9 Å². The van der Waals surface area contributed by atoms with Crippen molar-refractivity contribution in [2.75, 3.05) is 12.3 Å². The molecule has 5 nitrogen and oxygen atoms in total. The number of hydrogen-bond donors (Lipinski definition) is 1. The van der Waals surface area contributed by atoms with Gasteiger partial charge in [-0.15, -0.1) is 5.10 Å². The van der Waals surface area contributed by atoms with Crippen LogP contribution in [0.3, 0.4) is 0 Å². The number of aromatic nitrogens is 2. The Labute approximate surface area is 107 Å². The van der Waals surface area contributed by atoms with Crippen LogP contribution in [0.1, 0.15) is 6.92 Å². The number of hydrogen-bond acceptors (Lipinski definition) is 4. The number of ether oxygens (including phenoxy) is 1. The monoisotopic (exact) mass is 273 g/mol. The number of fused-ring (bicyclic) bond motifs is 1. The first-order valence-electron chi connectivity index (χ1n) is 4.85. The first kappa shape index (κ1) is 12.0. The fraction of sp³-hybridized carbons (Fsp3) is 0.200. The minimum atomic E-state index is -0.640. The van der Waals surface area contributed by atoms with E-state index in [0.29, 0.717) is 20.9 Å². The molecule has 1 aromatic carbocycles. The van der Waals surface area contributed by atoms with Gasteiger partial charge >= 0.3 is 6.09 Å². The average Bonchev–Trinajstić information content (AvgIpc) is 2.63. The van der Waals surface area contributed by atoms with Crippen LogP contribution in [0, 0.1) is 0 Å². The summed E-state index contributed by atoms with van der Waals surface area (Å²) in [7, 11) is 0. The Morgan fingerprint density at radius 1 is 1.47 bits per heavy atom. The Bertz CT molecular complexity index is 595. The van der Waals surface area contributed by atoms with E-state index in [0.717, 1.165) is 4.68 Å². The Balaban J connectivity index is 2.74. The van der Waals surface area contributed by atoms with Crippen molar-refractivity contribution in [3.05, 3.63) is 22.2 Å². The van der Waals surface area contributed by atoms with Crippen molar-refractivity contribution in [1.82, 2.24) is 9.78 Å². The Kier molecular flexibility index (Phi) is 3.13. The summed E-state index contributed by atoms with van der Waals surface area (Å²) in [4.78, 5) is 11.7. The Morgan fingerprint density at radius 2 is 2.12 bits per heavy atom. The predicted molar refractivity (Wildman–Crippen MR) is 66.6 cm³/mol. The molecule has 0 atom stereocenters. The first-order valence-corrected chi connectivity index (χ1v) is 5.61. The highest BCUT2D eigenvalue weighted by Gasteiger charge is 2.19. The molecule has 0 aliphatic carbocycles. The number of carbonyl (C=O) groups excluding carboxylic acids is 1. The third kappa shape index (κ3) is 1.92. The Hall–Kier alpha value is -1.46. The molecule has 17 heavy (non-hydrogen) atoms. The normalized spacial score (nSPS) is 10.8. The molecule has 0 amide bonds. The highest BCUT2D eigenvalue weighted by Crippen LogP contribution is 2.33. The van der Waals surface area contributed by atoms with Crippen LogP contribution in [0.15, 0.2) is 12.1 Å². The molecule has 90 valence electrons. The van der Waals surface area contributed by atoms with Gasteiger partial charge in [0.2, 0.25) is 0 Å². The molecule has 0 aliphatic rings. The number of anilines is 1. The number of halogens is 2. The van der Waals surface area contributed by atoms with Crippen molar-refractivity contribution in [2.45, 2.75) is 6.92 Å². The van der Waals surface area contributed by atoms with Gasteiger partial charge in [-0.2, -0.15) is 4.68 Å². The van der Waals surface area contributed by atoms with Crippen molar-refractivity contribution >= 4 is 46.0 Å². The fourth-order valence-electron chi connectivity index (χ4n) is 1.52. The summed E-state index contributed by atoms with van der Waals surface area (Å²) >= 11 is 12.0. The predicted octanol–water partition coefficient (Wildman–Crippen LogP) is 2.93. The minimum absolute atomic E-state index is 0.139. The third-order valence-electron chi connectivity index (χ3n) is 2.19. The van der Waals surface area contributed by atoms with E-state index in [1.54, 1.807) is 19.1 Å². The molecule has 0 saturated heterocycles. The van der Waals surface area contributed by atoms with Crippen LogP contribution in [0.4, 0.5) is 10.6 Å². The van der Waals surface area contributed by atoms with Gasteiger partial charge in [-0.25, -0.2) is 4.79 Å². The summed E-state index contributed by atoms with van der Waals surface area (Å²) in [5, 5.41) is 5.05. The molecule has 2 rings (SSSR count). The van der Waals surface area contributed by atoms with E-state index < -0.39 is 6.09 Å². The zero-order valence-electron chi connectivity index (χ0n) is 8.91. The van der Waals surface area contributed by atoms with E-state index in [9.17, 15) is 4.79 Å². The number of carbonyl (C=O) groups is 1. The molecular weight excluding hydrogens is 265 g/mol. The van der Waals surface area contributed by atoms with Gasteiger partial charge in [0.25, 0.3) is 0 Å². The molecule has 2 aromatic rings. The lowest BCUT2D eigenvalue weighted by atomic mass is 10.2. The smallest absolute Gasteiger partial charge is 0.435 e. The van der Waals surface area contributed by atoms with Crippen LogP contribution in [-0.2, 0) is 4.74 Å². The van der Waals surface area contributed by atoms with Gasteiger partial charge in [-0.05, 0) is 19.1 Å². The molecule has 0 fully saturated rings. The second-order valence-corrected chi connectivity index (χ2v) is 4.06. The minimum Gasteiger partial charge on any atom is -0.448 e. The van der Waals surface area contributed by atoms with Crippen LogP contribution in [-0.4, -0.2) is 22.5 Å². The number of nitrogens with zero attached hydrogens (tertiary/aromatic N) is 2. The van der Waals surface area contributed by atoms with E-state index in [2.05, 4.69) is 5.10 Å². The Morgan fingerprint density at radius 3 is 2.76 bits per heavy atom. The fourth-order valence-corrected chi connectivity index (χ4v) is 2.00.